The summed E-state index contributed by atoms with van der Waals surface area (Å²) in [5.74, 6) is 1.13. The van der Waals surface area contributed by atoms with E-state index in [1.54, 1.807) is 0 Å². The van der Waals surface area contributed by atoms with Crippen LogP contribution in [-0.4, -0.2) is 34.6 Å². The van der Waals surface area contributed by atoms with E-state index in [0.29, 0.717) is 6.61 Å². The molecule has 3 N–H and O–H groups in total. The molecule has 1 saturated heterocycles. The third-order valence-electron chi connectivity index (χ3n) is 4.15. The summed E-state index contributed by atoms with van der Waals surface area (Å²) in [4.78, 5) is 21.3. The molecular weight excluding hydrogens is 336 g/mol. The van der Waals surface area contributed by atoms with Crippen molar-refractivity contribution >= 4 is 29.0 Å². The number of hydrogen-bond acceptors (Lipinski definition) is 8. The number of rotatable bonds is 6. The van der Waals surface area contributed by atoms with Gasteiger partial charge in [0.2, 0.25) is 17.6 Å². The highest BCUT2D eigenvalue weighted by atomic mass is 16.6. The second-order valence-electron chi connectivity index (χ2n) is 5.99. The summed E-state index contributed by atoms with van der Waals surface area (Å²) in [6, 6.07) is 7.30. The van der Waals surface area contributed by atoms with Crippen LogP contribution in [0.2, 0.25) is 0 Å². The fourth-order valence-electron chi connectivity index (χ4n) is 2.95. The molecule has 1 aromatic carbocycles. The van der Waals surface area contributed by atoms with Gasteiger partial charge in [-0.1, -0.05) is 0 Å². The van der Waals surface area contributed by atoms with E-state index in [0.717, 1.165) is 43.8 Å². The number of hydrogen-bond donors (Lipinski definition) is 2. The van der Waals surface area contributed by atoms with E-state index in [-0.39, 0.29) is 23.3 Å². The van der Waals surface area contributed by atoms with Crippen molar-refractivity contribution in [3.63, 3.8) is 0 Å². The topological polar surface area (TPSA) is 119 Å². The smallest absolute Gasteiger partial charge is 0.353 e. The molecule has 0 unspecified atom stereocenters. The zero-order chi connectivity index (χ0) is 18.5. The number of nitrogen functional groups attached to an aromatic ring is 1. The molecule has 0 radical (unpaired) electrons. The summed E-state index contributed by atoms with van der Waals surface area (Å²) in [7, 11) is 0. The second kappa shape index (κ2) is 7.85. The largest absolute Gasteiger partial charge is 0.494 e. The van der Waals surface area contributed by atoms with E-state index in [9.17, 15) is 10.1 Å². The van der Waals surface area contributed by atoms with Crippen molar-refractivity contribution in [1.29, 1.82) is 0 Å². The average Bonchev–Trinajstić information content (AvgIpc) is 2.63. The maximum Gasteiger partial charge on any atom is 0.353 e. The lowest BCUT2D eigenvalue weighted by Gasteiger charge is -2.27. The second-order valence-corrected chi connectivity index (χ2v) is 5.99. The van der Waals surface area contributed by atoms with Crippen LogP contribution in [0.3, 0.4) is 0 Å². The summed E-state index contributed by atoms with van der Waals surface area (Å²) in [6.45, 7) is 3.95. The molecule has 0 aliphatic carbocycles. The predicted molar refractivity (Wildman–Crippen MR) is 100 cm³/mol. The maximum atomic E-state index is 11.4. The van der Waals surface area contributed by atoms with Crippen molar-refractivity contribution in [2.75, 3.05) is 35.6 Å². The summed E-state index contributed by atoms with van der Waals surface area (Å²) in [5.41, 5.74) is 6.38. The van der Waals surface area contributed by atoms with Crippen LogP contribution in [-0.2, 0) is 0 Å². The van der Waals surface area contributed by atoms with Crippen LogP contribution in [0.15, 0.2) is 24.3 Å². The number of piperidine rings is 1. The molecule has 2 aromatic rings. The summed E-state index contributed by atoms with van der Waals surface area (Å²) >= 11 is 0. The molecule has 1 aromatic heterocycles. The molecule has 2 heterocycles. The van der Waals surface area contributed by atoms with Crippen LogP contribution in [0.25, 0.3) is 0 Å². The molecule has 1 aliphatic rings. The van der Waals surface area contributed by atoms with Crippen LogP contribution < -0.4 is 20.7 Å². The minimum atomic E-state index is -0.514. The Kier molecular flexibility index (Phi) is 5.35. The van der Waals surface area contributed by atoms with Gasteiger partial charge < -0.3 is 20.7 Å². The minimum Gasteiger partial charge on any atom is -0.494 e. The summed E-state index contributed by atoms with van der Waals surface area (Å²) in [6.07, 6.45) is 3.06. The molecule has 0 saturated carbocycles. The zero-order valence-corrected chi connectivity index (χ0v) is 14.6. The Balaban J connectivity index is 1.89. The van der Waals surface area contributed by atoms with Gasteiger partial charge in [-0.05, 0) is 50.5 Å². The highest BCUT2D eigenvalue weighted by Crippen LogP contribution is 2.34. The highest BCUT2D eigenvalue weighted by molar-refractivity contribution is 5.72. The number of nitrogens with one attached hydrogen (secondary N) is 1. The van der Waals surface area contributed by atoms with E-state index in [1.807, 2.05) is 36.1 Å². The molecule has 0 bridgehead atoms. The monoisotopic (exact) mass is 358 g/mol. The number of ether oxygens (including phenoxy) is 1. The molecule has 9 heteroatoms. The predicted octanol–water partition coefficient (Wildman–Crippen LogP) is 3.10. The van der Waals surface area contributed by atoms with E-state index >= 15 is 0 Å². The molecule has 0 spiro atoms. The lowest BCUT2D eigenvalue weighted by Crippen LogP contribution is -2.31. The fourth-order valence-corrected chi connectivity index (χ4v) is 2.95. The normalized spacial score (nSPS) is 14.1. The molecule has 9 nitrogen and oxygen atoms in total. The van der Waals surface area contributed by atoms with E-state index in [1.165, 1.54) is 0 Å². The Hall–Kier alpha value is -3.10. The van der Waals surface area contributed by atoms with Crippen LogP contribution in [0.1, 0.15) is 26.2 Å². The molecule has 0 atom stereocenters. The summed E-state index contributed by atoms with van der Waals surface area (Å²) < 4.78 is 5.41. The highest BCUT2D eigenvalue weighted by Gasteiger charge is 2.28. The number of benzene rings is 1. The number of nitro groups is 1. The molecule has 1 fully saturated rings. The van der Waals surface area contributed by atoms with Gasteiger partial charge >= 0.3 is 5.69 Å². The van der Waals surface area contributed by atoms with Gasteiger partial charge in [0.15, 0.2) is 0 Å². The Morgan fingerprint density at radius 3 is 2.54 bits per heavy atom. The van der Waals surface area contributed by atoms with Gasteiger partial charge in [0.1, 0.15) is 5.75 Å². The Morgan fingerprint density at radius 1 is 1.23 bits per heavy atom. The zero-order valence-electron chi connectivity index (χ0n) is 14.6. The Bertz CT molecular complexity index is 775. The lowest BCUT2D eigenvalue weighted by atomic mass is 10.1. The molecule has 26 heavy (non-hydrogen) atoms. The van der Waals surface area contributed by atoms with E-state index in [4.69, 9.17) is 10.5 Å². The van der Waals surface area contributed by atoms with Crippen molar-refractivity contribution < 1.29 is 9.66 Å². The fraction of sp³-hybridized carbons (Fsp3) is 0.412. The van der Waals surface area contributed by atoms with Gasteiger partial charge in [-0.15, -0.1) is 0 Å². The standard InChI is InChI=1S/C17H22N6O3/c1-2-26-13-8-6-12(7-9-13)19-17-20-15(18)14(23(24)25)16(21-17)22-10-4-3-5-11-22/h6-9H,2-5,10-11H2,1H3,(H3,18,19,20,21). The van der Waals surface area contributed by atoms with Gasteiger partial charge in [-0.2, -0.15) is 9.97 Å². The van der Waals surface area contributed by atoms with Crippen molar-refractivity contribution in [1.82, 2.24) is 9.97 Å². The summed E-state index contributed by atoms with van der Waals surface area (Å²) in [5, 5.41) is 14.5. The van der Waals surface area contributed by atoms with Crippen molar-refractivity contribution in [3.05, 3.63) is 34.4 Å². The molecular formula is C17H22N6O3. The van der Waals surface area contributed by atoms with Crippen LogP contribution in [0.5, 0.6) is 5.75 Å². The first-order valence-electron chi connectivity index (χ1n) is 8.65. The van der Waals surface area contributed by atoms with Crippen molar-refractivity contribution in [3.8, 4) is 5.75 Å². The third-order valence-corrected chi connectivity index (χ3v) is 4.15. The van der Waals surface area contributed by atoms with Gasteiger partial charge in [0.05, 0.1) is 11.5 Å². The van der Waals surface area contributed by atoms with Crippen LogP contribution >= 0.6 is 0 Å². The quantitative estimate of drug-likeness (QED) is 0.597. The van der Waals surface area contributed by atoms with Gasteiger partial charge in [0.25, 0.3) is 0 Å². The lowest BCUT2D eigenvalue weighted by molar-refractivity contribution is -0.383. The number of aromatic nitrogens is 2. The first-order valence-corrected chi connectivity index (χ1v) is 8.65. The maximum absolute atomic E-state index is 11.4. The number of anilines is 4. The Labute approximate surface area is 151 Å². The minimum absolute atomic E-state index is 0.140. The van der Waals surface area contributed by atoms with Gasteiger partial charge in [-0.25, -0.2) is 0 Å². The van der Waals surface area contributed by atoms with Crippen molar-refractivity contribution in [2.24, 2.45) is 0 Å². The van der Waals surface area contributed by atoms with Gasteiger partial charge in [-0.3, -0.25) is 10.1 Å². The number of nitrogens with two attached hydrogens (primary N) is 1. The van der Waals surface area contributed by atoms with E-state index in [2.05, 4.69) is 15.3 Å². The average molecular weight is 358 g/mol. The van der Waals surface area contributed by atoms with E-state index < -0.39 is 4.92 Å². The van der Waals surface area contributed by atoms with Crippen LogP contribution in [0.4, 0.5) is 29.0 Å². The first-order chi connectivity index (χ1) is 12.6. The molecule has 1 aliphatic heterocycles. The number of nitrogens with zero attached hydrogens (tertiary/aromatic N) is 4. The molecule has 3 rings (SSSR count). The molecule has 0 amide bonds. The first kappa shape index (κ1) is 17.7. The van der Waals surface area contributed by atoms with Crippen LogP contribution in [0, 0.1) is 10.1 Å². The van der Waals surface area contributed by atoms with Gasteiger partial charge in [0, 0.05) is 18.8 Å². The third kappa shape index (κ3) is 3.93. The Morgan fingerprint density at radius 2 is 1.92 bits per heavy atom. The molecule has 138 valence electrons. The SMILES string of the molecule is CCOc1ccc(Nc2nc(N)c([N+](=O)[O-])c(N3CCCCC3)n2)cc1. The van der Waals surface area contributed by atoms with Crippen molar-refractivity contribution in [2.45, 2.75) is 26.2 Å².